The first-order valence-electron chi connectivity index (χ1n) is 7.64. The second kappa shape index (κ2) is 9.75. The molecule has 0 aliphatic heterocycles. The summed E-state index contributed by atoms with van der Waals surface area (Å²) in [5, 5.41) is 5.70. The van der Waals surface area contributed by atoms with Gasteiger partial charge in [0.15, 0.2) is 5.96 Å². The number of benzene rings is 1. The summed E-state index contributed by atoms with van der Waals surface area (Å²) in [6.07, 6.45) is -3.76. The van der Waals surface area contributed by atoms with Crippen LogP contribution >= 0.6 is 0 Å². The summed E-state index contributed by atoms with van der Waals surface area (Å²) in [4.78, 5) is 16.2. The maximum atomic E-state index is 12.3. The summed E-state index contributed by atoms with van der Waals surface area (Å²) >= 11 is 0. The maximum Gasteiger partial charge on any atom is 0.406 e. The van der Waals surface area contributed by atoms with E-state index in [0.717, 1.165) is 18.4 Å². The second-order valence-electron chi connectivity index (χ2n) is 5.28. The molecule has 140 valence electrons. The predicted molar refractivity (Wildman–Crippen MR) is 89.8 cm³/mol. The minimum absolute atomic E-state index is 0.277. The number of rotatable bonds is 7. The van der Waals surface area contributed by atoms with Crippen molar-refractivity contribution in [3.63, 3.8) is 0 Å². The third-order valence-electron chi connectivity index (χ3n) is 3.35. The minimum atomic E-state index is -4.42. The average molecular weight is 360 g/mol. The molecule has 1 aromatic carbocycles. The van der Waals surface area contributed by atoms with Crippen LogP contribution in [0.5, 0.6) is 5.75 Å². The fourth-order valence-corrected chi connectivity index (χ4v) is 2.10. The highest BCUT2D eigenvalue weighted by molar-refractivity contribution is 5.86. The molecule has 0 aliphatic rings. The third kappa shape index (κ3) is 7.77. The summed E-state index contributed by atoms with van der Waals surface area (Å²) in [6.45, 7) is -1.04. The Bertz CT molecular complexity index is 591. The van der Waals surface area contributed by atoms with Gasteiger partial charge in [0.05, 0.1) is 13.7 Å². The molecule has 6 nitrogen and oxygen atoms in total. The molecule has 2 N–H and O–H groups in total. The van der Waals surface area contributed by atoms with E-state index in [1.54, 1.807) is 7.11 Å². The molecule has 0 atom stereocenters. The molecular formula is C16H23F3N4O2. The van der Waals surface area contributed by atoms with Gasteiger partial charge in [-0.25, -0.2) is 0 Å². The van der Waals surface area contributed by atoms with Crippen LogP contribution in [-0.2, 0) is 11.2 Å². The van der Waals surface area contributed by atoms with Gasteiger partial charge in [0.1, 0.15) is 12.3 Å². The van der Waals surface area contributed by atoms with E-state index in [4.69, 9.17) is 4.74 Å². The molecule has 0 radical (unpaired) electrons. The zero-order chi connectivity index (χ0) is 18.9. The number of para-hydroxylation sites is 1. The number of halogens is 3. The SMILES string of the molecule is CN=C(NCCc1ccccc1OC)NCC(=O)N(C)CC(F)(F)F. The molecule has 0 saturated heterocycles. The van der Waals surface area contributed by atoms with Gasteiger partial charge >= 0.3 is 6.18 Å². The highest BCUT2D eigenvalue weighted by Crippen LogP contribution is 2.17. The van der Waals surface area contributed by atoms with Crippen LogP contribution in [0.15, 0.2) is 29.3 Å². The number of methoxy groups -OCH3 is 1. The highest BCUT2D eigenvalue weighted by atomic mass is 19.4. The molecular weight excluding hydrogens is 337 g/mol. The lowest BCUT2D eigenvalue weighted by molar-refractivity contribution is -0.157. The van der Waals surface area contributed by atoms with Gasteiger partial charge in [0.2, 0.25) is 5.91 Å². The Labute approximate surface area is 145 Å². The van der Waals surface area contributed by atoms with Crippen LogP contribution in [-0.4, -0.2) is 63.8 Å². The lowest BCUT2D eigenvalue weighted by Gasteiger charge is -2.20. The molecule has 0 unspecified atom stereocenters. The summed E-state index contributed by atoms with van der Waals surface area (Å²) in [5.74, 6) is 0.435. The Balaban J connectivity index is 2.41. The zero-order valence-electron chi connectivity index (χ0n) is 14.5. The molecule has 0 aromatic heterocycles. The van der Waals surface area contributed by atoms with Crippen molar-refractivity contribution in [1.29, 1.82) is 0 Å². The number of aliphatic imine (C=N–C) groups is 1. The van der Waals surface area contributed by atoms with E-state index in [9.17, 15) is 18.0 Å². The molecule has 0 spiro atoms. The van der Waals surface area contributed by atoms with Crippen LogP contribution in [0.1, 0.15) is 5.56 Å². The molecule has 0 aliphatic carbocycles. The normalized spacial score (nSPS) is 11.8. The topological polar surface area (TPSA) is 66.0 Å². The van der Waals surface area contributed by atoms with Gasteiger partial charge in [0, 0.05) is 20.6 Å². The van der Waals surface area contributed by atoms with Crippen molar-refractivity contribution in [2.75, 3.05) is 40.8 Å². The molecule has 0 heterocycles. The standard InChI is InChI=1S/C16H23F3N4O2/c1-20-15(22-10-14(24)23(2)11-16(17,18)19)21-9-8-12-6-4-5-7-13(12)25-3/h4-7H,8-11H2,1-3H3,(H2,20,21,22). The molecule has 0 bridgehead atoms. The molecule has 1 rings (SSSR count). The van der Waals surface area contributed by atoms with E-state index in [0.29, 0.717) is 23.8 Å². The van der Waals surface area contributed by atoms with Crippen LogP contribution in [0.3, 0.4) is 0 Å². The van der Waals surface area contributed by atoms with Crippen molar-refractivity contribution in [2.24, 2.45) is 4.99 Å². The first kappa shape index (κ1) is 20.6. The van der Waals surface area contributed by atoms with Crippen LogP contribution in [0.2, 0.25) is 0 Å². The van der Waals surface area contributed by atoms with E-state index in [1.807, 2.05) is 24.3 Å². The van der Waals surface area contributed by atoms with E-state index in [-0.39, 0.29) is 6.54 Å². The first-order chi connectivity index (χ1) is 11.8. The smallest absolute Gasteiger partial charge is 0.406 e. The second-order valence-corrected chi connectivity index (χ2v) is 5.28. The number of ether oxygens (including phenoxy) is 1. The van der Waals surface area contributed by atoms with Gasteiger partial charge in [0.25, 0.3) is 0 Å². The number of hydrogen-bond donors (Lipinski definition) is 2. The molecule has 1 aromatic rings. The molecule has 1 amide bonds. The summed E-state index contributed by atoms with van der Waals surface area (Å²) in [6, 6.07) is 7.57. The van der Waals surface area contributed by atoms with Crippen molar-refractivity contribution < 1.29 is 22.7 Å². The van der Waals surface area contributed by atoms with Gasteiger partial charge in [-0.15, -0.1) is 0 Å². The van der Waals surface area contributed by atoms with E-state index >= 15 is 0 Å². The van der Waals surface area contributed by atoms with Gasteiger partial charge in [-0.05, 0) is 18.1 Å². The van der Waals surface area contributed by atoms with Crippen LogP contribution in [0, 0.1) is 0 Å². The fourth-order valence-electron chi connectivity index (χ4n) is 2.10. The van der Waals surface area contributed by atoms with Crippen LogP contribution in [0.25, 0.3) is 0 Å². The van der Waals surface area contributed by atoms with E-state index in [2.05, 4.69) is 15.6 Å². The number of likely N-dealkylation sites (N-methyl/N-ethyl adjacent to an activating group) is 1. The zero-order valence-corrected chi connectivity index (χ0v) is 14.5. The van der Waals surface area contributed by atoms with Gasteiger partial charge < -0.3 is 20.3 Å². The van der Waals surface area contributed by atoms with E-state index < -0.39 is 18.6 Å². The van der Waals surface area contributed by atoms with Crippen molar-refractivity contribution >= 4 is 11.9 Å². The first-order valence-corrected chi connectivity index (χ1v) is 7.64. The Morgan fingerprint density at radius 2 is 1.96 bits per heavy atom. The summed E-state index contributed by atoms with van der Waals surface area (Å²) in [7, 11) is 4.22. The number of amides is 1. The molecule has 25 heavy (non-hydrogen) atoms. The van der Waals surface area contributed by atoms with Crippen molar-refractivity contribution in [2.45, 2.75) is 12.6 Å². The Morgan fingerprint density at radius 1 is 1.28 bits per heavy atom. The van der Waals surface area contributed by atoms with Gasteiger partial charge in [-0.1, -0.05) is 18.2 Å². The van der Waals surface area contributed by atoms with E-state index in [1.165, 1.54) is 7.05 Å². The number of nitrogens with one attached hydrogen (secondary N) is 2. The number of carbonyl (C=O) groups is 1. The predicted octanol–water partition coefficient (Wildman–Crippen LogP) is 1.42. The average Bonchev–Trinajstić information content (AvgIpc) is 2.56. The largest absolute Gasteiger partial charge is 0.496 e. The van der Waals surface area contributed by atoms with Crippen LogP contribution < -0.4 is 15.4 Å². The number of guanidine groups is 1. The third-order valence-corrected chi connectivity index (χ3v) is 3.35. The van der Waals surface area contributed by atoms with Crippen molar-refractivity contribution in [3.05, 3.63) is 29.8 Å². The number of nitrogens with zero attached hydrogens (tertiary/aromatic N) is 2. The number of carbonyl (C=O) groups excluding carboxylic acids is 1. The van der Waals surface area contributed by atoms with Crippen LogP contribution in [0.4, 0.5) is 13.2 Å². The quantitative estimate of drug-likeness (QED) is 0.570. The minimum Gasteiger partial charge on any atom is -0.496 e. The highest BCUT2D eigenvalue weighted by Gasteiger charge is 2.31. The summed E-state index contributed by atoms with van der Waals surface area (Å²) in [5.41, 5.74) is 1.01. The lowest BCUT2D eigenvalue weighted by atomic mass is 10.1. The van der Waals surface area contributed by atoms with Crippen molar-refractivity contribution in [3.8, 4) is 5.75 Å². The molecule has 0 saturated carbocycles. The Morgan fingerprint density at radius 3 is 2.56 bits per heavy atom. The molecule has 0 fully saturated rings. The monoisotopic (exact) mass is 360 g/mol. The lowest BCUT2D eigenvalue weighted by Crippen LogP contribution is -2.45. The van der Waals surface area contributed by atoms with Crippen molar-refractivity contribution in [1.82, 2.24) is 15.5 Å². The number of alkyl halides is 3. The van der Waals surface area contributed by atoms with Gasteiger partial charge in [-0.3, -0.25) is 9.79 Å². The maximum absolute atomic E-state index is 12.3. The van der Waals surface area contributed by atoms with Gasteiger partial charge in [-0.2, -0.15) is 13.2 Å². The summed E-state index contributed by atoms with van der Waals surface area (Å²) < 4.78 is 42.0. The Kier molecular flexibility index (Phi) is 8.03. The molecule has 9 heteroatoms. The number of hydrogen-bond acceptors (Lipinski definition) is 3. The Hall–Kier alpha value is -2.45. The fraction of sp³-hybridized carbons (Fsp3) is 0.500.